The molecule has 0 amide bonds. The van der Waals surface area contributed by atoms with Crippen molar-refractivity contribution >= 4 is 11.0 Å². The van der Waals surface area contributed by atoms with Crippen LogP contribution in [0.2, 0.25) is 0 Å². The fourth-order valence-corrected chi connectivity index (χ4v) is 4.10. The molecule has 0 aliphatic carbocycles. The van der Waals surface area contributed by atoms with Gasteiger partial charge in [-0.15, -0.1) is 0 Å². The van der Waals surface area contributed by atoms with Crippen LogP contribution in [0.15, 0.2) is 45.6 Å². The van der Waals surface area contributed by atoms with Gasteiger partial charge in [0.2, 0.25) is 11.2 Å². The monoisotopic (exact) mass is 463 g/mol. The molecule has 3 aromatic rings. The normalized spacial score (nSPS) is 17.3. The van der Waals surface area contributed by atoms with Crippen molar-refractivity contribution in [3.05, 3.63) is 57.9 Å². The van der Waals surface area contributed by atoms with Gasteiger partial charge in [-0.3, -0.25) is 9.69 Å². The van der Waals surface area contributed by atoms with Gasteiger partial charge in [-0.2, -0.15) is 13.2 Å². The van der Waals surface area contributed by atoms with Crippen LogP contribution >= 0.6 is 0 Å². The molecule has 1 aromatic heterocycles. The average Bonchev–Trinajstić information content (AvgIpc) is 2.78. The molecule has 33 heavy (non-hydrogen) atoms. The molecule has 1 aliphatic heterocycles. The molecule has 9 heteroatoms. The van der Waals surface area contributed by atoms with E-state index in [1.165, 1.54) is 37.4 Å². The summed E-state index contributed by atoms with van der Waals surface area (Å²) in [7, 11) is 1.40. The van der Waals surface area contributed by atoms with E-state index < -0.39 is 23.1 Å². The zero-order valence-corrected chi connectivity index (χ0v) is 18.2. The summed E-state index contributed by atoms with van der Waals surface area (Å²) in [4.78, 5) is 15.2. The van der Waals surface area contributed by atoms with E-state index in [1.807, 2.05) is 6.92 Å². The Morgan fingerprint density at radius 3 is 2.64 bits per heavy atom. The van der Waals surface area contributed by atoms with Gasteiger partial charge in [-0.25, -0.2) is 0 Å². The summed E-state index contributed by atoms with van der Waals surface area (Å²) in [5.41, 5.74) is -1.11. The molecular formula is C24H24F3NO5. The van der Waals surface area contributed by atoms with E-state index in [1.54, 1.807) is 6.07 Å². The van der Waals surface area contributed by atoms with E-state index in [0.29, 0.717) is 5.75 Å². The van der Waals surface area contributed by atoms with Gasteiger partial charge in [-0.1, -0.05) is 12.5 Å². The van der Waals surface area contributed by atoms with Gasteiger partial charge >= 0.3 is 6.18 Å². The Morgan fingerprint density at radius 2 is 1.94 bits per heavy atom. The van der Waals surface area contributed by atoms with Crippen LogP contribution in [0.25, 0.3) is 11.0 Å². The summed E-state index contributed by atoms with van der Waals surface area (Å²) >= 11 is 0. The van der Waals surface area contributed by atoms with E-state index in [0.717, 1.165) is 25.8 Å². The SMILES string of the molecule is COc1cccc(Oc2c(C(F)(F)F)oc3c(CN4CCCCC4C)c(O)ccc3c2=O)c1. The minimum absolute atomic E-state index is 0.00681. The fraction of sp³-hybridized carbons (Fsp3) is 0.375. The van der Waals surface area contributed by atoms with Crippen LogP contribution < -0.4 is 14.9 Å². The first-order chi connectivity index (χ1) is 15.7. The van der Waals surface area contributed by atoms with Crippen molar-refractivity contribution in [2.75, 3.05) is 13.7 Å². The summed E-state index contributed by atoms with van der Waals surface area (Å²) in [6.07, 6.45) is -2.03. The molecule has 1 atom stereocenters. The number of aromatic hydroxyl groups is 1. The van der Waals surface area contributed by atoms with Crippen molar-refractivity contribution in [1.82, 2.24) is 4.90 Å². The molecule has 1 N–H and O–H groups in total. The van der Waals surface area contributed by atoms with E-state index >= 15 is 0 Å². The number of hydrogen-bond acceptors (Lipinski definition) is 6. The maximum absolute atomic E-state index is 13.9. The van der Waals surface area contributed by atoms with Gasteiger partial charge in [0.15, 0.2) is 0 Å². The number of fused-ring (bicyclic) bond motifs is 1. The molecular weight excluding hydrogens is 439 g/mol. The lowest BCUT2D eigenvalue weighted by Gasteiger charge is -2.33. The first-order valence-corrected chi connectivity index (χ1v) is 10.6. The maximum Gasteiger partial charge on any atom is 0.453 e. The van der Waals surface area contributed by atoms with E-state index in [4.69, 9.17) is 13.9 Å². The summed E-state index contributed by atoms with van der Waals surface area (Å²) in [5.74, 6) is -2.40. The number of benzene rings is 2. The third kappa shape index (κ3) is 4.64. The summed E-state index contributed by atoms with van der Waals surface area (Å²) < 4.78 is 57.6. The average molecular weight is 463 g/mol. The molecule has 0 bridgehead atoms. The Bertz CT molecular complexity index is 1220. The van der Waals surface area contributed by atoms with Gasteiger partial charge in [0.25, 0.3) is 5.76 Å². The standard InChI is InChI=1S/C24H24F3NO5/c1-14-6-3-4-11-28(14)13-18-19(29)10-9-17-20(30)22(23(24(25,26)27)33-21(17)18)32-16-8-5-7-15(12-16)31-2/h5,7-10,12,14,29H,3-4,6,11,13H2,1-2H3. The molecule has 1 unspecified atom stereocenters. The van der Waals surface area contributed by atoms with Crippen LogP contribution in [-0.4, -0.2) is 29.7 Å². The predicted octanol–water partition coefficient (Wildman–Crippen LogP) is 5.69. The van der Waals surface area contributed by atoms with Crippen molar-refractivity contribution in [3.63, 3.8) is 0 Å². The Hall–Kier alpha value is -3.20. The fourth-order valence-electron chi connectivity index (χ4n) is 4.10. The molecule has 4 rings (SSSR count). The molecule has 0 radical (unpaired) electrons. The predicted molar refractivity (Wildman–Crippen MR) is 116 cm³/mol. The minimum Gasteiger partial charge on any atom is -0.507 e. The highest BCUT2D eigenvalue weighted by Crippen LogP contribution is 2.40. The Kier molecular flexibility index (Phi) is 6.25. The number of alkyl halides is 3. The second kappa shape index (κ2) is 8.97. The van der Waals surface area contributed by atoms with Crippen molar-refractivity contribution < 1.29 is 32.2 Å². The van der Waals surface area contributed by atoms with Gasteiger partial charge in [-0.05, 0) is 50.6 Å². The van der Waals surface area contributed by atoms with E-state index in [9.17, 15) is 23.1 Å². The molecule has 1 saturated heterocycles. The number of halogens is 3. The Balaban J connectivity index is 1.87. The van der Waals surface area contributed by atoms with Gasteiger partial charge in [0.1, 0.15) is 22.8 Å². The summed E-state index contributed by atoms with van der Waals surface area (Å²) in [5, 5.41) is 10.4. The van der Waals surface area contributed by atoms with E-state index in [2.05, 4.69) is 4.90 Å². The molecule has 0 spiro atoms. The van der Waals surface area contributed by atoms with Gasteiger partial charge in [0, 0.05) is 18.7 Å². The third-order valence-corrected chi connectivity index (χ3v) is 5.92. The summed E-state index contributed by atoms with van der Waals surface area (Å²) in [6, 6.07) is 8.63. The van der Waals surface area contributed by atoms with Crippen molar-refractivity contribution in [2.45, 2.75) is 44.9 Å². The molecule has 2 aromatic carbocycles. The first-order valence-electron chi connectivity index (χ1n) is 10.6. The lowest BCUT2D eigenvalue weighted by atomic mass is 10.0. The smallest absolute Gasteiger partial charge is 0.453 e. The molecule has 6 nitrogen and oxygen atoms in total. The number of hydrogen-bond donors (Lipinski definition) is 1. The quantitative estimate of drug-likeness (QED) is 0.524. The second-order valence-corrected chi connectivity index (χ2v) is 8.12. The Morgan fingerprint density at radius 1 is 1.18 bits per heavy atom. The molecule has 1 fully saturated rings. The first kappa shape index (κ1) is 23.0. The lowest BCUT2D eigenvalue weighted by Crippen LogP contribution is -2.36. The van der Waals surface area contributed by atoms with Crippen LogP contribution in [0.3, 0.4) is 0 Å². The van der Waals surface area contributed by atoms with Gasteiger partial charge in [0.05, 0.1) is 18.1 Å². The zero-order chi connectivity index (χ0) is 23.8. The van der Waals surface area contributed by atoms with Crippen LogP contribution in [0.1, 0.15) is 37.5 Å². The zero-order valence-electron chi connectivity index (χ0n) is 18.2. The second-order valence-electron chi connectivity index (χ2n) is 8.12. The van der Waals surface area contributed by atoms with Crippen LogP contribution in [0.4, 0.5) is 13.2 Å². The number of methoxy groups -OCH3 is 1. The number of phenols is 1. The minimum atomic E-state index is -5.00. The van der Waals surface area contributed by atoms with Crippen LogP contribution in [0, 0.1) is 0 Å². The van der Waals surface area contributed by atoms with Gasteiger partial charge < -0.3 is 19.0 Å². The highest BCUT2D eigenvalue weighted by atomic mass is 19.4. The largest absolute Gasteiger partial charge is 0.507 e. The topological polar surface area (TPSA) is 72.1 Å². The summed E-state index contributed by atoms with van der Waals surface area (Å²) in [6.45, 7) is 2.93. The lowest BCUT2D eigenvalue weighted by molar-refractivity contribution is -0.154. The highest BCUT2D eigenvalue weighted by Gasteiger charge is 2.41. The third-order valence-electron chi connectivity index (χ3n) is 5.92. The number of ether oxygens (including phenoxy) is 2. The molecule has 0 saturated carbocycles. The number of rotatable bonds is 5. The maximum atomic E-state index is 13.9. The number of piperidine rings is 1. The van der Waals surface area contributed by atoms with Crippen molar-refractivity contribution in [3.8, 4) is 23.0 Å². The molecule has 2 heterocycles. The number of likely N-dealkylation sites (tertiary alicyclic amines) is 1. The van der Waals surface area contributed by atoms with Crippen LogP contribution in [-0.2, 0) is 12.7 Å². The highest BCUT2D eigenvalue weighted by molar-refractivity contribution is 5.83. The van der Waals surface area contributed by atoms with E-state index in [-0.39, 0.29) is 40.6 Å². The van der Waals surface area contributed by atoms with Crippen molar-refractivity contribution in [1.29, 1.82) is 0 Å². The number of nitrogens with zero attached hydrogens (tertiary/aromatic N) is 1. The van der Waals surface area contributed by atoms with Crippen LogP contribution in [0.5, 0.6) is 23.0 Å². The Labute approximate surface area is 188 Å². The number of phenolic OH excluding ortho intramolecular Hbond substituents is 1. The van der Waals surface area contributed by atoms with Crippen molar-refractivity contribution in [2.24, 2.45) is 0 Å². The molecule has 176 valence electrons. The molecule has 1 aliphatic rings.